The molecule has 0 spiro atoms. The van der Waals surface area contributed by atoms with Crippen molar-refractivity contribution in [2.75, 3.05) is 0 Å². The average Bonchev–Trinajstić information content (AvgIpc) is 2.63. The highest BCUT2D eigenvalue weighted by molar-refractivity contribution is 7.99. The highest BCUT2D eigenvalue weighted by atomic mass is 32.2. The Hall–Kier alpha value is -2.52. The third kappa shape index (κ3) is 4.77. The molecule has 0 bridgehead atoms. The molecule has 0 amide bonds. The number of hydrogen-bond donors (Lipinski definition) is 0. The van der Waals surface area contributed by atoms with Gasteiger partial charge in [-0.2, -0.15) is 0 Å². The molecule has 0 aliphatic heterocycles. The van der Waals surface area contributed by atoms with E-state index in [1.807, 2.05) is 93.6 Å². The summed E-state index contributed by atoms with van der Waals surface area (Å²) in [4.78, 5) is 14.6. The molecule has 0 fully saturated rings. The topological polar surface area (TPSA) is 26.3 Å². The Morgan fingerprint density at radius 2 is 1.35 bits per heavy atom. The smallest absolute Gasteiger partial charge is 0.193 e. The van der Waals surface area contributed by atoms with E-state index in [1.165, 1.54) is 0 Å². The van der Waals surface area contributed by atoms with Gasteiger partial charge in [-0.05, 0) is 57.2 Å². The molecule has 0 aliphatic carbocycles. The van der Waals surface area contributed by atoms with Gasteiger partial charge < -0.3 is 4.74 Å². The lowest BCUT2D eigenvalue weighted by molar-refractivity contribution is 0.103. The lowest BCUT2D eigenvalue weighted by atomic mass is 10.0. The SMILES string of the molecule is CC(C)(C)Oc1ccccc1Sc1ccc(C(=O)c2ccccc2)cc1. The Morgan fingerprint density at radius 1 is 0.769 bits per heavy atom. The van der Waals surface area contributed by atoms with Crippen LogP contribution in [0.2, 0.25) is 0 Å². The molecule has 0 atom stereocenters. The lowest BCUT2D eigenvalue weighted by Crippen LogP contribution is -2.23. The Bertz CT molecular complexity index is 878. The monoisotopic (exact) mass is 362 g/mol. The zero-order valence-electron chi connectivity index (χ0n) is 15.2. The number of benzene rings is 3. The maximum atomic E-state index is 12.5. The van der Waals surface area contributed by atoms with Crippen LogP contribution in [0.25, 0.3) is 0 Å². The number of carbonyl (C=O) groups excluding carboxylic acids is 1. The first-order valence-corrected chi connectivity index (χ1v) is 9.40. The average molecular weight is 362 g/mol. The van der Waals surface area contributed by atoms with E-state index in [-0.39, 0.29) is 11.4 Å². The fourth-order valence-corrected chi connectivity index (χ4v) is 3.39. The first-order chi connectivity index (χ1) is 12.4. The van der Waals surface area contributed by atoms with Crippen LogP contribution < -0.4 is 4.74 Å². The van der Waals surface area contributed by atoms with Crippen LogP contribution in [0.3, 0.4) is 0 Å². The van der Waals surface area contributed by atoms with Crippen molar-refractivity contribution in [2.45, 2.75) is 36.2 Å². The standard InChI is InChI=1S/C23H22O2S/c1-23(2,3)25-20-11-7-8-12-21(20)26-19-15-13-18(14-16-19)22(24)17-9-5-4-6-10-17/h4-16H,1-3H3. The fourth-order valence-electron chi connectivity index (χ4n) is 2.51. The third-order valence-electron chi connectivity index (χ3n) is 3.65. The van der Waals surface area contributed by atoms with Crippen LogP contribution in [-0.2, 0) is 0 Å². The van der Waals surface area contributed by atoms with E-state index in [0.29, 0.717) is 11.1 Å². The highest BCUT2D eigenvalue weighted by Crippen LogP contribution is 2.36. The number of hydrogen-bond acceptors (Lipinski definition) is 3. The van der Waals surface area contributed by atoms with E-state index in [2.05, 4.69) is 6.07 Å². The van der Waals surface area contributed by atoms with Crippen molar-refractivity contribution in [1.29, 1.82) is 0 Å². The van der Waals surface area contributed by atoms with Gasteiger partial charge in [0.1, 0.15) is 11.4 Å². The molecule has 2 nitrogen and oxygen atoms in total. The second-order valence-corrected chi connectivity index (χ2v) is 8.10. The van der Waals surface area contributed by atoms with Gasteiger partial charge in [-0.1, -0.05) is 54.2 Å². The minimum atomic E-state index is -0.247. The highest BCUT2D eigenvalue weighted by Gasteiger charge is 2.15. The van der Waals surface area contributed by atoms with E-state index in [1.54, 1.807) is 11.8 Å². The first kappa shape index (κ1) is 18.3. The Balaban J connectivity index is 1.77. The molecule has 0 N–H and O–H groups in total. The van der Waals surface area contributed by atoms with E-state index < -0.39 is 0 Å². The molecular weight excluding hydrogens is 340 g/mol. The van der Waals surface area contributed by atoms with E-state index in [4.69, 9.17) is 4.74 Å². The summed E-state index contributed by atoms with van der Waals surface area (Å²) in [5, 5.41) is 0. The number of ether oxygens (including phenoxy) is 1. The van der Waals surface area contributed by atoms with Crippen LogP contribution in [0.15, 0.2) is 88.7 Å². The van der Waals surface area contributed by atoms with E-state index >= 15 is 0 Å². The largest absolute Gasteiger partial charge is 0.487 e. The predicted octanol–water partition coefficient (Wildman–Crippen LogP) is 6.25. The molecule has 3 heteroatoms. The molecule has 3 aromatic carbocycles. The summed E-state index contributed by atoms with van der Waals surface area (Å²) in [7, 11) is 0. The van der Waals surface area contributed by atoms with Gasteiger partial charge in [0.25, 0.3) is 0 Å². The first-order valence-electron chi connectivity index (χ1n) is 8.58. The second kappa shape index (κ2) is 7.79. The quantitative estimate of drug-likeness (QED) is 0.502. The number of para-hydroxylation sites is 1. The van der Waals surface area contributed by atoms with E-state index in [9.17, 15) is 4.79 Å². The molecule has 3 aromatic rings. The molecule has 26 heavy (non-hydrogen) atoms. The molecule has 0 saturated carbocycles. The van der Waals surface area contributed by atoms with Crippen molar-refractivity contribution in [3.63, 3.8) is 0 Å². The van der Waals surface area contributed by atoms with Gasteiger partial charge in [0.15, 0.2) is 5.78 Å². The number of carbonyl (C=O) groups is 1. The van der Waals surface area contributed by atoms with Gasteiger partial charge in [-0.25, -0.2) is 0 Å². The van der Waals surface area contributed by atoms with Crippen LogP contribution in [0.4, 0.5) is 0 Å². The van der Waals surface area contributed by atoms with Crippen molar-refractivity contribution < 1.29 is 9.53 Å². The van der Waals surface area contributed by atoms with E-state index in [0.717, 1.165) is 15.5 Å². The summed E-state index contributed by atoms with van der Waals surface area (Å²) in [6.45, 7) is 6.12. The minimum absolute atomic E-state index is 0.0404. The zero-order valence-corrected chi connectivity index (χ0v) is 16.0. The van der Waals surface area contributed by atoms with Gasteiger partial charge in [0, 0.05) is 16.0 Å². The Morgan fingerprint density at radius 3 is 2.00 bits per heavy atom. The van der Waals surface area contributed by atoms with Crippen LogP contribution in [0.1, 0.15) is 36.7 Å². The molecule has 3 rings (SSSR count). The Labute approximate surface area is 159 Å². The summed E-state index contributed by atoms with van der Waals surface area (Å²) in [5.41, 5.74) is 1.15. The summed E-state index contributed by atoms with van der Waals surface area (Å²) >= 11 is 1.63. The molecule has 132 valence electrons. The molecule has 0 radical (unpaired) electrons. The van der Waals surface area contributed by atoms with Gasteiger partial charge in [0.05, 0.1) is 4.90 Å². The molecule has 0 heterocycles. The fraction of sp³-hybridized carbons (Fsp3) is 0.174. The van der Waals surface area contributed by atoms with Gasteiger partial charge in [-0.15, -0.1) is 0 Å². The van der Waals surface area contributed by atoms with Gasteiger partial charge >= 0.3 is 0 Å². The molecule has 0 saturated heterocycles. The van der Waals surface area contributed by atoms with Crippen LogP contribution in [0, 0.1) is 0 Å². The molecular formula is C23H22O2S. The van der Waals surface area contributed by atoms with Crippen molar-refractivity contribution in [2.24, 2.45) is 0 Å². The Kier molecular flexibility index (Phi) is 5.48. The summed E-state index contributed by atoms with van der Waals surface area (Å²) in [6, 6.07) is 25.1. The van der Waals surface area contributed by atoms with Gasteiger partial charge in [0.2, 0.25) is 0 Å². The molecule has 0 aliphatic rings. The van der Waals surface area contributed by atoms with Crippen LogP contribution >= 0.6 is 11.8 Å². The number of ketones is 1. The van der Waals surface area contributed by atoms with Crippen molar-refractivity contribution >= 4 is 17.5 Å². The molecule has 0 aromatic heterocycles. The second-order valence-electron chi connectivity index (χ2n) is 6.98. The minimum Gasteiger partial charge on any atom is -0.487 e. The van der Waals surface area contributed by atoms with Crippen LogP contribution in [0.5, 0.6) is 5.75 Å². The molecule has 0 unspecified atom stereocenters. The number of rotatable bonds is 5. The van der Waals surface area contributed by atoms with Crippen molar-refractivity contribution in [3.05, 3.63) is 90.0 Å². The van der Waals surface area contributed by atoms with Crippen molar-refractivity contribution in [3.8, 4) is 5.75 Å². The normalized spacial score (nSPS) is 11.2. The zero-order chi connectivity index (χ0) is 18.6. The maximum Gasteiger partial charge on any atom is 0.193 e. The van der Waals surface area contributed by atoms with Crippen LogP contribution in [-0.4, -0.2) is 11.4 Å². The predicted molar refractivity (Wildman–Crippen MR) is 107 cm³/mol. The summed E-state index contributed by atoms with van der Waals surface area (Å²) < 4.78 is 6.05. The third-order valence-corrected chi connectivity index (χ3v) is 4.71. The van der Waals surface area contributed by atoms with Gasteiger partial charge in [-0.3, -0.25) is 4.79 Å². The maximum absolute atomic E-state index is 12.5. The van der Waals surface area contributed by atoms with Crippen molar-refractivity contribution in [1.82, 2.24) is 0 Å². The lowest BCUT2D eigenvalue weighted by Gasteiger charge is -2.23. The summed E-state index contributed by atoms with van der Waals surface area (Å²) in [5.74, 6) is 0.910. The summed E-state index contributed by atoms with van der Waals surface area (Å²) in [6.07, 6.45) is 0.